The number of aromatic nitrogens is 4. The molecule has 0 spiro atoms. The Kier molecular flexibility index (Phi) is 7.68. The number of carbonyl (C=O) groups is 1. The highest BCUT2D eigenvalue weighted by Gasteiger charge is 2.41. The van der Waals surface area contributed by atoms with E-state index in [0.717, 1.165) is 19.0 Å². The van der Waals surface area contributed by atoms with Crippen LogP contribution in [0.2, 0.25) is 0 Å². The fourth-order valence-corrected chi connectivity index (χ4v) is 3.89. The highest BCUT2D eigenvalue weighted by atomic mass is 19.4. The second-order valence-corrected chi connectivity index (χ2v) is 8.28. The molecule has 12 heteroatoms. The Bertz CT molecular complexity index is 1530. The molecular formula is C26H23F3N8O. The number of pyridine rings is 2. The van der Waals surface area contributed by atoms with Crippen LogP contribution in [-0.2, 0) is 6.18 Å². The van der Waals surface area contributed by atoms with Gasteiger partial charge in [-0.3, -0.25) is 14.8 Å². The van der Waals surface area contributed by atoms with Crippen molar-refractivity contribution in [1.29, 1.82) is 5.26 Å². The minimum absolute atomic E-state index is 0.0407. The zero-order chi connectivity index (χ0) is 27.3. The van der Waals surface area contributed by atoms with Crippen LogP contribution in [-0.4, -0.2) is 38.7 Å². The van der Waals surface area contributed by atoms with E-state index in [0.29, 0.717) is 34.2 Å². The number of amides is 1. The molecule has 3 heterocycles. The van der Waals surface area contributed by atoms with Crippen molar-refractivity contribution >= 4 is 28.1 Å². The quantitative estimate of drug-likeness (QED) is 0.281. The fraction of sp³-hybridized carbons (Fsp3) is 0.192. The summed E-state index contributed by atoms with van der Waals surface area (Å²) in [4.78, 5) is 21.2. The smallest absolute Gasteiger partial charge is 0.384 e. The lowest BCUT2D eigenvalue weighted by Gasteiger charge is -2.14. The first-order valence-corrected chi connectivity index (χ1v) is 11.6. The predicted molar refractivity (Wildman–Crippen MR) is 136 cm³/mol. The molecule has 0 aliphatic rings. The third kappa shape index (κ3) is 5.47. The summed E-state index contributed by atoms with van der Waals surface area (Å²) in [6, 6.07) is 10.1. The van der Waals surface area contributed by atoms with Crippen LogP contribution in [0.3, 0.4) is 0 Å². The predicted octanol–water partition coefficient (Wildman–Crippen LogP) is 4.26. The number of fused-ring (bicyclic) bond motifs is 1. The molecule has 4 aromatic rings. The summed E-state index contributed by atoms with van der Waals surface area (Å²) in [7, 11) is 0. The van der Waals surface area contributed by atoms with Gasteiger partial charge in [-0.25, -0.2) is 4.68 Å². The first kappa shape index (κ1) is 26.3. The van der Waals surface area contributed by atoms with Crippen LogP contribution in [0.1, 0.15) is 40.2 Å². The maximum Gasteiger partial charge on any atom is 0.434 e. The average Bonchev–Trinajstić information content (AvgIpc) is 3.37. The third-order valence-corrected chi connectivity index (χ3v) is 5.68. The molecule has 0 fully saturated rings. The minimum Gasteiger partial charge on any atom is -0.384 e. The molecule has 3 aromatic heterocycles. The summed E-state index contributed by atoms with van der Waals surface area (Å²) in [5.41, 5.74) is 4.40. The second kappa shape index (κ2) is 11.1. The van der Waals surface area contributed by atoms with Gasteiger partial charge in [0.15, 0.2) is 5.69 Å². The molecule has 1 amide bonds. The van der Waals surface area contributed by atoms with E-state index in [1.165, 1.54) is 24.7 Å². The van der Waals surface area contributed by atoms with Crippen molar-refractivity contribution in [2.45, 2.75) is 19.0 Å². The van der Waals surface area contributed by atoms with Gasteiger partial charge in [-0.1, -0.05) is 30.8 Å². The Morgan fingerprint density at radius 2 is 1.95 bits per heavy atom. The van der Waals surface area contributed by atoms with E-state index in [-0.39, 0.29) is 22.6 Å². The zero-order valence-electron chi connectivity index (χ0n) is 20.1. The van der Waals surface area contributed by atoms with E-state index in [4.69, 9.17) is 5.73 Å². The lowest BCUT2D eigenvalue weighted by Crippen LogP contribution is -2.21. The normalized spacial score (nSPS) is 11.2. The van der Waals surface area contributed by atoms with Gasteiger partial charge in [-0.05, 0) is 25.5 Å². The molecule has 38 heavy (non-hydrogen) atoms. The molecule has 4 N–H and O–H groups in total. The summed E-state index contributed by atoms with van der Waals surface area (Å²) in [5.74, 6) is -1.06. The Balaban J connectivity index is 1.63. The van der Waals surface area contributed by atoms with Gasteiger partial charge in [-0.2, -0.15) is 23.5 Å². The zero-order valence-corrected chi connectivity index (χ0v) is 20.1. The number of alkyl halides is 3. The molecular weight excluding hydrogens is 497 g/mol. The number of benzene rings is 1. The molecule has 0 bridgehead atoms. The van der Waals surface area contributed by atoms with Crippen molar-refractivity contribution in [2.24, 2.45) is 5.73 Å². The number of halogens is 3. The van der Waals surface area contributed by atoms with Crippen molar-refractivity contribution < 1.29 is 18.0 Å². The van der Waals surface area contributed by atoms with Crippen LogP contribution >= 0.6 is 0 Å². The van der Waals surface area contributed by atoms with Crippen molar-refractivity contribution in [2.75, 3.05) is 18.4 Å². The number of nitrogens with zero attached hydrogens (tertiary/aromatic N) is 5. The molecule has 1 aromatic carbocycles. The number of unbranched alkanes of at least 4 members (excludes halogenated alkanes) is 1. The lowest BCUT2D eigenvalue weighted by atomic mass is 10.1. The monoisotopic (exact) mass is 520 g/mol. The van der Waals surface area contributed by atoms with Crippen LogP contribution in [0.15, 0.2) is 61.7 Å². The minimum atomic E-state index is -4.91. The van der Waals surface area contributed by atoms with Gasteiger partial charge < -0.3 is 16.4 Å². The first-order chi connectivity index (χ1) is 18.2. The SMILES string of the molecule is C=C(NCCCCN)c1ncc(NC(=O)c2cnn(-c3cncc4ccccc34)c2C(F)(F)F)cc1C#N. The molecule has 0 radical (unpaired) electrons. The Labute approximate surface area is 215 Å². The number of nitrogens with two attached hydrogens (primary N) is 1. The molecule has 9 nitrogen and oxygen atoms in total. The molecule has 194 valence electrons. The molecule has 0 unspecified atom stereocenters. The van der Waals surface area contributed by atoms with Crippen molar-refractivity contribution in [1.82, 2.24) is 25.1 Å². The van der Waals surface area contributed by atoms with Gasteiger partial charge in [0, 0.05) is 23.5 Å². The van der Waals surface area contributed by atoms with Crippen molar-refractivity contribution in [3.05, 3.63) is 84.2 Å². The van der Waals surface area contributed by atoms with Crippen LogP contribution in [0.5, 0.6) is 0 Å². The fourth-order valence-electron chi connectivity index (χ4n) is 3.89. The van der Waals surface area contributed by atoms with E-state index < -0.39 is 23.3 Å². The summed E-state index contributed by atoms with van der Waals surface area (Å²) in [5, 5.41) is 20.0. The Hall–Kier alpha value is -4.76. The molecule has 0 atom stereocenters. The number of hydrogen-bond donors (Lipinski definition) is 3. The number of carbonyl (C=O) groups excluding carboxylic acids is 1. The van der Waals surface area contributed by atoms with Crippen molar-refractivity contribution in [3.8, 4) is 11.8 Å². The van der Waals surface area contributed by atoms with E-state index in [9.17, 15) is 23.2 Å². The number of anilines is 1. The van der Waals surface area contributed by atoms with Crippen LogP contribution in [0.25, 0.3) is 22.2 Å². The van der Waals surface area contributed by atoms with Crippen molar-refractivity contribution in [3.63, 3.8) is 0 Å². The highest BCUT2D eigenvalue weighted by Crippen LogP contribution is 2.35. The van der Waals surface area contributed by atoms with Gasteiger partial charge in [0.1, 0.15) is 11.8 Å². The molecule has 0 saturated heterocycles. The number of rotatable bonds is 9. The number of nitriles is 1. The standard InChI is InChI=1S/C26H23F3N8O/c1-16(33-9-5-4-8-30)23-18(11-31)10-19(13-34-23)36-25(38)21-14-35-37(24(21)26(27,28)29)22-15-32-12-17-6-2-3-7-20(17)22/h2-3,6-7,10,12-15,33H,1,4-5,8-9,30H2,(H,36,38). The molecule has 0 aliphatic heterocycles. The molecule has 0 saturated carbocycles. The van der Waals surface area contributed by atoms with E-state index in [2.05, 4.69) is 32.3 Å². The van der Waals surface area contributed by atoms with Gasteiger partial charge in [0.2, 0.25) is 0 Å². The van der Waals surface area contributed by atoms with Crippen LogP contribution in [0, 0.1) is 11.3 Å². The highest BCUT2D eigenvalue weighted by molar-refractivity contribution is 6.05. The topological polar surface area (TPSA) is 135 Å². The van der Waals surface area contributed by atoms with Gasteiger partial charge in [-0.15, -0.1) is 0 Å². The number of hydrogen-bond acceptors (Lipinski definition) is 7. The Morgan fingerprint density at radius 3 is 2.68 bits per heavy atom. The van der Waals surface area contributed by atoms with Crippen LogP contribution in [0.4, 0.5) is 18.9 Å². The van der Waals surface area contributed by atoms with Crippen LogP contribution < -0.4 is 16.4 Å². The van der Waals surface area contributed by atoms with E-state index in [1.54, 1.807) is 24.3 Å². The average molecular weight is 521 g/mol. The summed E-state index contributed by atoms with van der Waals surface area (Å²) in [6.07, 6.45) is 1.58. The summed E-state index contributed by atoms with van der Waals surface area (Å²) in [6.45, 7) is 5.01. The van der Waals surface area contributed by atoms with E-state index >= 15 is 0 Å². The summed E-state index contributed by atoms with van der Waals surface area (Å²) >= 11 is 0. The lowest BCUT2D eigenvalue weighted by molar-refractivity contribution is -0.143. The van der Waals surface area contributed by atoms with Gasteiger partial charge in [0.25, 0.3) is 5.91 Å². The molecule has 4 rings (SSSR count). The maximum absolute atomic E-state index is 14.2. The second-order valence-electron chi connectivity index (χ2n) is 8.28. The van der Waals surface area contributed by atoms with Gasteiger partial charge >= 0.3 is 6.18 Å². The number of nitrogens with one attached hydrogen (secondary N) is 2. The van der Waals surface area contributed by atoms with Gasteiger partial charge in [0.05, 0.1) is 46.8 Å². The maximum atomic E-state index is 14.2. The summed E-state index contributed by atoms with van der Waals surface area (Å²) < 4.78 is 43.3. The third-order valence-electron chi connectivity index (χ3n) is 5.68. The van der Waals surface area contributed by atoms with E-state index in [1.807, 2.05) is 6.07 Å². The largest absolute Gasteiger partial charge is 0.434 e. The molecule has 0 aliphatic carbocycles. The first-order valence-electron chi connectivity index (χ1n) is 11.6. The Morgan fingerprint density at radius 1 is 1.16 bits per heavy atom.